The van der Waals surface area contributed by atoms with E-state index in [2.05, 4.69) is 0 Å². The molecule has 1 atom stereocenters. The number of carbonyl (C=O) groups excluding carboxylic acids is 1. The van der Waals surface area contributed by atoms with Crippen LogP contribution in [0.2, 0.25) is 0 Å². The second kappa shape index (κ2) is 7.74. The van der Waals surface area contributed by atoms with Crippen LogP contribution in [0.25, 0.3) is 0 Å². The van der Waals surface area contributed by atoms with E-state index in [9.17, 15) is 18.3 Å². The van der Waals surface area contributed by atoms with Crippen molar-refractivity contribution in [2.75, 3.05) is 0 Å². The lowest BCUT2D eigenvalue weighted by molar-refractivity contribution is -0.130. The van der Waals surface area contributed by atoms with E-state index in [1.54, 1.807) is 24.3 Å². The highest BCUT2D eigenvalue weighted by Crippen LogP contribution is 2.43. The van der Waals surface area contributed by atoms with Gasteiger partial charge in [-0.05, 0) is 43.0 Å². The summed E-state index contributed by atoms with van der Waals surface area (Å²) in [4.78, 5) is 15.1. The number of nitrogens with zero attached hydrogens (tertiary/aromatic N) is 1. The first-order chi connectivity index (χ1) is 14.3. The normalized spacial score (nSPS) is 17.1. The number of carbonyl (C=O) groups is 1. The summed E-state index contributed by atoms with van der Waals surface area (Å²) in [6.45, 7) is 4.01. The number of aryl methyl sites for hydroxylation is 2. The molecule has 0 radical (unpaired) electrons. The quantitative estimate of drug-likeness (QED) is 0.626. The summed E-state index contributed by atoms with van der Waals surface area (Å²) >= 11 is 1.48. The summed E-state index contributed by atoms with van der Waals surface area (Å²) in [6.07, 6.45) is 0. The molecule has 1 N–H and O–H groups in total. The van der Waals surface area contributed by atoms with Gasteiger partial charge in [-0.3, -0.25) is 4.79 Å². The summed E-state index contributed by atoms with van der Waals surface area (Å²) < 4.78 is 27.0. The molecule has 2 heterocycles. The second-order valence-corrected chi connectivity index (χ2v) is 10.3. The summed E-state index contributed by atoms with van der Waals surface area (Å²) in [7, 11) is -4.09. The lowest BCUT2D eigenvalue weighted by Gasteiger charge is -2.26. The highest BCUT2D eigenvalue weighted by atomic mass is 32.2. The van der Waals surface area contributed by atoms with Crippen LogP contribution in [0.4, 0.5) is 0 Å². The third kappa shape index (κ3) is 3.55. The van der Waals surface area contributed by atoms with Crippen molar-refractivity contribution in [2.45, 2.75) is 31.3 Å². The molecule has 5 nitrogen and oxygen atoms in total. The van der Waals surface area contributed by atoms with Gasteiger partial charge in [0.2, 0.25) is 9.84 Å². The number of hydrogen-bond donors (Lipinski definition) is 1. The molecule has 1 amide bonds. The molecule has 1 aliphatic rings. The van der Waals surface area contributed by atoms with E-state index in [-0.39, 0.29) is 16.3 Å². The van der Waals surface area contributed by atoms with Crippen LogP contribution in [0.15, 0.2) is 81.6 Å². The zero-order valence-corrected chi connectivity index (χ0v) is 18.2. The summed E-state index contributed by atoms with van der Waals surface area (Å²) in [5, 5.41) is 12.6. The number of thiophene rings is 1. The van der Waals surface area contributed by atoms with E-state index in [4.69, 9.17) is 0 Å². The molecule has 0 fully saturated rings. The Hall–Kier alpha value is -2.90. The lowest BCUT2D eigenvalue weighted by atomic mass is 10.0. The Bertz CT molecular complexity index is 1210. The standard InChI is InChI=1S/C23H21NO4S2/c1-15-5-9-17(10-6-15)20-22(30(27,28)19-11-7-16(2)8-12-19)21(25)23(26)24(20)14-18-4-3-13-29-18/h3-13,20,25H,14H2,1-2H3. The van der Waals surface area contributed by atoms with Crippen molar-refractivity contribution in [3.05, 3.63) is 98.3 Å². The third-order valence-corrected chi connectivity index (χ3v) is 7.93. The fraction of sp³-hybridized carbons (Fsp3) is 0.174. The first-order valence-corrected chi connectivity index (χ1v) is 11.8. The maximum absolute atomic E-state index is 13.5. The second-order valence-electron chi connectivity index (χ2n) is 7.35. The fourth-order valence-corrected chi connectivity index (χ4v) is 5.91. The summed E-state index contributed by atoms with van der Waals surface area (Å²) in [6, 6.07) is 16.6. The van der Waals surface area contributed by atoms with Crippen LogP contribution in [0, 0.1) is 13.8 Å². The molecular weight excluding hydrogens is 418 g/mol. The molecule has 7 heteroatoms. The van der Waals surface area contributed by atoms with Gasteiger partial charge in [-0.15, -0.1) is 11.3 Å². The Morgan fingerprint density at radius 3 is 2.13 bits per heavy atom. The lowest BCUT2D eigenvalue weighted by Crippen LogP contribution is -2.30. The molecule has 30 heavy (non-hydrogen) atoms. The molecule has 4 rings (SSSR count). The van der Waals surface area contributed by atoms with Crippen LogP contribution in [0.5, 0.6) is 0 Å². The minimum absolute atomic E-state index is 0.0533. The molecule has 1 aromatic heterocycles. The third-order valence-electron chi connectivity index (χ3n) is 5.18. The Morgan fingerprint density at radius 1 is 0.967 bits per heavy atom. The number of sulfone groups is 1. The van der Waals surface area contributed by atoms with Crippen molar-refractivity contribution in [3.63, 3.8) is 0 Å². The van der Waals surface area contributed by atoms with Gasteiger partial charge >= 0.3 is 0 Å². The van der Waals surface area contributed by atoms with E-state index in [0.717, 1.165) is 16.0 Å². The predicted molar refractivity (Wildman–Crippen MR) is 117 cm³/mol. The molecule has 0 aliphatic carbocycles. The van der Waals surface area contributed by atoms with Crippen molar-refractivity contribution in [1.29, 1.82) is 0 Å². The number of benzene rings is 2. The summed E-state index contributed by atoms with van der Waals surface area (Å²) in [5.41, 5.74) is 2.58. The molecule has 1 aliphatic heterocycles. The van der Waals surface area contributed by atoms with E-state index in [0.29, 0.717) is 5.56 Å². The zero-order valence-electron chi connectivity index (χ0n) is 16.6. The maximum atomic E-state index is 13.5. The molecule has 0 bridgehead atoms. The van der Waals surface area contributed by atoms with Gasteiger partial charge in [-0.25, -0.2) is 8.42 Å². The number of aliphatic hydroxyl groups is 1. The molecule has 2 aromatic carbocycles. The van der Waals surface area contributed by atoms with Crippen LogP contribution in [0.1, 0.15) is 27.6 Å². The van der Waals surface area contributed by atoms with E-state index in [1.165, 1.54) is 28.4 Å². The highest BCUT2D eigenvalue weighted by Gasteiger charge is 2.46. The van der Waals surface area contributed by atoms with Gasteiger partial charge in [-0.2, -0.15) is 0 Å². The number of rotatable bonds is 5. The molecular formula is C23H21NO4S2. The molecule has 3 aromatic rings. The minimum atomic E-state index is -4.09. The van der Waals surface area contributed by atoms with Crippen LogP contribution in [0.3, 0.4) is 0 Å². The molecule has 0 spiro atoms. The average molecular weight is 440 g/mol. The van der Waals surface area contributed by atoms with Crippen molar-refractivity contribution in [3.8, 4) is 0 Å². The van der Waals surface area contributed by atoms with Gasteiger partial charge in [0.25, 0.3) is 5.91 Å². The number of hydrogen-bond acceptors (Lipinski definition) is 5. The van der Waals surface area contributed by atoms with Crippen LogP contribution >= 0.6 is 11.3 Å². The van der Waals surface area contributed by atoms with Crippen molar-refractivity contribution in [2.24, 2.45) is 0 Å². The van der Waals surface area contributed by atoms with Crippen LogP contribution in [-0.2, 0) is 21.2 Å². The van der Waals surface area contributed by atoms with Crippen LogP contribution in [-0.4, -0.2) is 24.3 Å². The first kappa shape index (κ1) is 20.4. The van der Waals surface area contributed by atoms with Crippen molar-refractivity contribution in [1.82, 2.24) is 4.90 Å². The van der Waals surface area contributed by atoms with Gasteiger partial charge in [0.15, 0.2) is 5.76 Å². The predicted octanol–water partition coefficient (Wildman–Crippen LogP) is 4.69. The molecule has 0 saturated carbocycles. The average Bonchev–Trinajstić information content (AvgIpc) is 3.31. The van der Waals surface area contributed by atoms with E-state index in [1.807, 2.05) is 43.5 Å². The SMILES string of the molecule is Cc1ccc(C2C(S(=O)(=O)c3ccc(C)cc3)=C(O)C(=O)N2Cc2cccs2)cc1. The van der Waals surface area contributed by atoms with Gasteiger partial charge < -0.3 is 10.0 Å². The first-order valence-electron chi connectivity index (χ1n) is 9.44. The van der Waals surface area contributed by atoms with Crippen molar-refractivity contribution < 1.29 is 18.3 Å². The molecule has 154 valence electrons. The van der Waals surface area contributed by atoms with Gasteiger partial charge in [0.1, 0.15) is 4.91 Å². The maximum Gasteiger partial charge on any atom is 0.290 e. The number of aliphatic hydroxyl groups excluding tert-OH is 1. The Morgan fingerprint density at radius 2 is 1.57 bits per heavy atom. The molecule has 0 saturated heterocycles. The van der Waals surface area contributed by atoms with E-state index >= 15 is 0 Å². The Kier molecular flexibility index (Phi) is 5.26. The van der Waals surface area contributed by atoms with Gasteiger partial charge in [-0.1, -0.05) is 53.6 Å². The topological polar surface area (TPSA) is 74.7 Å². The zero-order chi connectivity index (χ0) is 21.5. The highest BCUT2D eigenvalue weighted by molar-refractivity contribution is 7.95. The van der Waals surface area contributed by atoms with Gasteiger partial charge in [0.05, 0.1) is 17.5 Å². The largest absolute Gasteiger partial charge is 0.502 e. The minimum Gasteiger partial charge on any atom is -0.502 e. The number of amides is 1. The van der Waals surface area contributed by atoms with Crippen LogP contribution < -0.4 is 0 Å². The fourth-order valence-electron chi connectivity index (χ4n) is 3.56. The summed E-state index contributed by atoms with van der Waals surface area (Å²) in [5.74, 6) is -1.39. The Balaban J connectivity index is 1.86. The van der Waals surface area contributed by atoms with E-state index < -0.39 is 27.5 Å². The van der Waals surface area contributed by atoms with Crippen molar-refractivity contribution >= 4 is 27.1 Å². The van der Waals surface area contributed by atoms with Gasteiger partial charge in [0, 0.05) is 4.88 Å². The monoisotopic (exact) mass is 439 g/mol. The smallest absolute Gasteiger partial charge is 0.290 e. The Labute approximate surface area is 179 Å². The molecule has 1 unspecified atom stereocenters.